The van der Waals surface area contributed by atoms with Gasteiger partial charge in [-0.15, -0.1) is 22.7 Å². The van der Waals surface area contributed by atoms with Crippen LogP contribution in [0.4, 0.5) is 0 Å². The van der Waals surface area contributed by atoms with Gasteiger partial charge in [0.2, 0.25) is 0 Å². The highest BCUT2D eigenvalue weighted by Crippen LogP contribution is 2.19. The fourth-order valence-corrected chi connectivity index (χ4v) is 4.56. The largest absolute Gasteiger partial charge is 0.377 e. The number of fused-ring (bicyclic) bond motifs is 1. The van der Waals surface area contributed by atoms with Crippen molar-refractivity contribution in [2.24, 2.45) is 0 Å². The standard InChI is InChI=1S/C17H19N3O2S2/c21-17-16-14(5-8-24-16)18-15(19-17)11-20(9-12-3-1-6-22-12)10-13-4-2-7-23-13/h2,4-5,7-8,12H,1,3,6,9-11H2,(H,18,19,21). The van der Waals surface area contributed by atoms with E-state index in [0.29, 0.717) is 11.2 Å². The Balaban J connectivity index is 1.55. The molecule has 1 atom stereocenters. The number of nitrogens with one attached hydrogen (secondary N) is 1. The summed E-state index contributed by atoms with van der Waals surface area (Å²) in [5.74, 6) is 0.723. The average Bonchev–Trinajstić information content (AvgIpc) is 3.28. The Bertz CT molecular complexity index is 850. The second kappa shape index (κ2) is 7.14. The molecule has 5 nitrogen and oxygen atoms in total. The molecule has 1 N–H and O–H groups in total. The van der Waals surface area contributed by atoms with Crippen LogP contribution in [0.25, 0.3) is 10.2 Å². The topological polar surface area (TPSA) is 58.2 Å². The lowest BCUT2D eigenvalue weighted by Crippen LogP contribution is -2.32. The van der Waals surface area contributed by atoms with Crippen molar-refractivity contribution < 1.29 is 4.74 Å². The van der Waals surface area contributed by atoms with Gasteiger partial charge in [-0.25, -0.2) is 4.98 Å². The summed E-state index contributed by atoms with van der Waals surface area (Å²) in [4.78, 5) is 23.4. The molecule has 4 heterocycles. The molecule has 3 aromatic heterocycles. The van der Waals surface area contributed by atoms with Gasteiger partial charge in [0.15, 0.2) is 0 Å². The third-order valence-corrected chi connectivity index (χ3v) is 5.95. The number of aromatic nitrogens is 2. The van der Waals surface area contributed by atoms with Gasteiger partial charge in [0, 0.05) is 24.6 Å². The minimum absolute atomic E-state index is 0.0433. The molecule has 7 heteroatoms. The van der Waals surface area contributed by atoms with E-state index in [2.05, 4.69) is 32.4 Å². The lowest BCUT2D eigenvalue weighted by Gasteiger charge is -2.24. The molecular formula is C17H19N3O2S2. The van der Waals surface area contributed by atoms with E-state index < -0.39 is 0 Å². The summed E-state index contributed by atoms with van der Waals surface area (Å²) < 4.78 is 6.49. The zero-order valence-electron chi connectivity index (χ0n) is 13.2. The first kappa shape index (κ1) is 16.0. The van der Waals surface area contributed by atoms with Crippen molar-refractivity contribution in [1.29, 1.82) is 0 Å². The highest BCUT2D eigenvalue weighted by molar-refractivity contribution is 7.17. The summed E-state index contributed by atoms with van der Waals surface area (Å²) >= 11 is 3.19. The quantitative estimate of drug-likeness (QED) is 0.732. The second-order valence-corrected chi connectivity index (χ2v) is 7.98. The summed E-state index contributed by atoms with van der Waals surface area (Å²) in [6, 6.07) is 6.12. The van der Waals surface area contributed by atoms with Gasteiger partial charge in [-0.1, -0.05) is 6.07 Å². The van der Waals surface area contributed by atoms with Crippen LogP contribution in [0.15, 0.2) is 33.8 Å². The van der Waals surface area contributed by atoms with Crippen molar-refractivity contribution in [2.45, 2.75) is 32.0 Å². The summed E-state index contributed by atoms with van der Waals surface area (Å²) in [6.07, 6.45) is 2.52. The maximum Gasteiger partial charge on any atom is 0.268 e. The Morgan fingerprint density at radius 1 is 1.29 bits per heavy atom. The van der Waals surface area contributed by atoms with E-state index in [1.165, 1.54) is 16.2 Å². The Morgan fingerprint density at radius 3 is 3.04 bits per heavy atom. The van der Waals surface area contributed by atoms with Crippen LogP contribution in [0.5, 0.6) is 0 Å². The van der Waals surface area contributed by atoms with Gasteiger partial charge >= 0.3 is 0 Å². The molecule has 3 aromatic rings. The molecule has 1 unspecified atom stereocenters. The Morgan fingerprint density at radius 2 is 2.25 bits per heavy atom. The molecule has 0 amide bonds. The maximum atomic E-state index is 12.2. The van der Waals surface area contributed by atoms with E-state index in [9.17, 15) is 4.79 Å². The molecule has 0 aromatic carbocycles. The molecule has 0 spiro atoms. The maximum absolute atomic E-state index is 12.2. The van der Waals surface area contributed by atoms with Crippen molar-refractivity contribution >= 4 is 32.9 Å². The van der Waals surface area contributed by atoms with Gasteiger partial charge in [-0.05, 0) is 35.7 Å². The Labute approximate surface area is 147 Å². The van der Waals surface area contributed by atoms with Gasteiger partial charge in [0.05, 0.1) is 18.2 Å². The van der Waals surface area contributed by atoms with Crippen LogP contribution in [-0.2, 0) is 17.8 Å². The molecule has 0 aliphatic carbocycles. The highest BCUT2D eigenvalue weighted by Gasteiger charge is 2.20. The predicted molar refractivity (Wildman–Crippen MR) is 97.6 cm³/mol. The van der Waals surface area contributed by atoms with E-state index in [1.807, 2.05) is 11.4 Å². The summed E-state index contributed by atoms with van der Waals surface area (Å²) in [5.41, 5.74) is 0.741. The lowest BCUT2D eigenvalue weighted by molar-refractivity contribution is 0.0674. The van der Waals surface area contributed by atoms with Crippen LogP contribution in [-0.4, -0.2) is 34.1 Å². The number of H-pyrrole nitrogens is 1. The number of hydrogen-bond donors (Lipinski definition) is 1. The van der Waals surface area contributed by atoms with Crippen LogP contribution in [0.3, 0.4) is 0 Å². The van der Waals surface area contributed by atoms with Crippen molar-refractivity contribution in [3.05, 3.63) is 50.0 Å². The van der Waals surface area contributed by atoms with Crippen LogP contribution in [0.1, 0.15) is 23.5 Å². The third kappa shape index (κ3) is 3.59. The van der Waals surface area contributed by atoms with E-state index in [-0.39, 0.29) is 11.7 Å². The molecule has 1 aliphatic heterocycles. The molecule has 4 rings (SSSR count). The molecule has 1 aliphatic rings. The van der Waals surface area contributed by atoms with E-state index in [4.69, 9.17) is 4.74 Å². The van der Waals surface area contributed by atoms with Crippen molar-refractivity contribution in [3.63, 3.8) is 0 Å². The lowest BCUT2D eigenvalue weighted by atomic mass is 10.2. The van der Waals surface area contributed by atoms with Crippen LogP contribution >= 0.6 is 22.7 Å². The SMILES string of the molecule is O=c1[nH]c(CN(Cc2cccs2)CC2CCCO2)nc2ccsc12. The minimum Gasteiger partial charge on any atom is -0.377 e. The molecule has 24 heavy (non-hydrogen) atoms. The number of hydrogen-bond acceptors (Lipinski definition) is 6. The van der Waals surface area contributed by atoms with Crippen LogP contribution in [0.2, 0.25) is 0 Å². The number of nitrogens with zero attached hydrogens (tertiary/aromatic N) is 2. The fourth-order valence-electron chi connectivity index (χ4n) is 3.09. The number of aromatic amines is 1. The van der Waals surface area contributed by atoms with Gasteiger partial charge in [-0.2, -0.15) is 0 Å². The summed E-state index contributed by atoms with van der Waals surface area (Å²) in [6.45, 7) is 3.19. The van der Waals surface area contributed by atoms with Gasteiger partial charge < -0.3 is 9.72 Å². The van der Waals surface area contributed by atoms with Gasteiger partial charge in [0.25, 0.3) is 5.56 Å². The molecule has 0 radical (unpaired) electrons. The predicted octanol–water partition coefficient (Wildman–Crippen LogP) is 3.23. The number of thiophene rings is 2. The smallest absolute Gasteiger partial charge is 0.268 e. The van der Waals surface area contributed by atoms with Gasteiger partial charge in [-0.3, -0.25) is 9.69 Å². The monoisotopic (exact) mass is 361 g/mol. The first-order valence-corrected chi connectivity index (χ1v) is 9.86. The molecule has 126 valence electrons. The minimum atomic E-state index is -0.0433. The first-order chi connectivity index (χ1) is 11.8. The Hall–Kier alpha value is -1.54. The van der Waals surface area contributed by atoms with Gasteiger partial charge in [0.1, 0.15) is 10.5 Å². The molecule has 0 bridgehead atoms. The Kier molecular flexibility index (Phi) is 4.75. The summed E-state index contributed by atoms with van der Waals surface area (Å²) in [7, 11) is 0. The zero-order valence-corrected chi connectivity index (χ0v) is 14.9. The van der Waals surface area contributed by atoms with Crippen molar-refractivity contribution in [1.82, 2.24) is 14.9 Å². The van der Waals surface area contributed by atoms with Crippen LogP contribution < -0.4 is 5.56 Å². The molecule has 0 saturated carbocycles. The third-order valence-electron chi connectivity index (χ3n) is 4.18. The van der Waals surface area contributed by atoms with Crippen LogP contribution in [0, 0.1) is 0 Å². The molecule has 1 fully saturated rings. The fraction of sp³-hybridized carbons (Fsp3) is 0.412. The van der Waals surface area contributed by atoms with Crippen molar-refractivity contribution in [2.75, 3.05) is 13.2 Å². The number of rotatable bonds is 6. The van der Waals surface area contributed by atoms with E-state index in [0.717, 1.165) is 43.9 Å². The normalized spacial score (nSPS) is 18.0. The van der Waals surface area contributed by atoms with E-state index in [1.54, 1.807) is 11.3 Å². The number of ether oxygens (including phenoxy) is 1. The highest BCUT2D eigenvalue weighted by atomic mass is 32.1. The molecular weight excluding hydrogens is 342 g/mol. The average molecular weight is 361 g/mol. The molecule has 1 saturated heterocycles. The van der Waals surface area contributed by atoms with Crippen molar-refractivity contribution in [3.8, 4) is 0 Å². The second-order valence-electron chi connectivity index (χ2n) is 6.03. The van der Waals surface area contributed by atoms with E-state index >= 15 is 0 Å². The summed E-state index contributed by atoms with van der Waals surface area (Å²) in [5, 5.41) is 4.00. The zero-order chi connectivity index (χ0) is 16.4. The first-order valence-electron chi connectivity index (χ1n) is 8.11.